The van der Waals surface area contributed by atoms with Crippen LogP contribution in [0.5, 0.6) is 0 Å². The zero-order valence-electron chi connectivity index (χ0n) is 18.0. The van der Waals surface area contributed by atoms with Crippen LogP contribution in [0.2, 0.25) is 0 Å². The van der Waals surface area contributed by atoms with Crippen LogP contribution >= 0.6 is 12.2 Å². The number of thiocarbonyl (C=S) groups is 1. The van der Waals surface area contributed by atoms with Gasteiger partial charge in [-0.1, -0.05) is 25.1 Å². The highest BCUT2D eigenvalue weighted by atomic mass is 32.1. The standard InChI is InChI=1S/C22H25N5O4S/c1-3-20(28)26-13-11-25(12-14-26)19-9-5-4-8-17(19)23-22(32)24-21(29)16-7-6-10-18(15(16)2)27(30)31/h4-10H,3,11-14H2,1-2H3,(H2,23,24,29,32). The fourth-order valence-electron chi connectivity index (χ4n) is 3.67. The summed E-state index contributed by atoms with van der Waals surface area (Å²) in [6.07, 6.45) is 0.496. The molecule has 1 heterocycles. The van der Waals surface area contributed by atoms with Crippen LogP contribution in [0, 0.1) is 17.0 Å². The molecule has 10 heteroatoms. The molecule has 3 rings (SSSR count). The maximum Gasteiger partial charge on any atom is 0.273 e. The van der Waals surface area contributed by atoms with Crippen LogP contribution in [-0.4, -0.2) is 52.9 Å². The number of carbonyl (C=O) groups is 2. The SMILES string of the molecule is CCC(=O)N1CCN(c2ccccc2NC(=S)NC(=O)c2cccc([N+](=O)[O-])c2C)CC1. The van der Waals surface area contributed by atoms with Gasteiger partial charge in [-0.2, -0.15) is 0 Å². The first-order valence-corrected chi connectivity index (χ1v) is 10.7. The Morgan fingerprint density at radius 2 is 1.78 bits per heavy atom. The molecule has 2 amide bonds. The molecule has 0 aliphatic carbocycles. The quantitative estimate of drug-likeness (QED) is 0.405. The van der Waals surface area contributed by atoms with Gasteiger partial charge >= 0.3 is 0 Å². The number of rotatable bonds is 5. The van der Waals surface area contributed by atoms with E-state index in [1.54, 1.807) is 0 Å². The third-order valence-corrected chi connectivity index (χ3v) is 5.61. The molecule has 9 nitrogen and oxygen atoms in total. The van der Waals surface area contributed by atoms with E-state index in [0.29, 0.717) is 32.6 Å². The second-order valence-corrected chi connectivity index (χ2v) is 7.76. The molecule has 0 saturated carbocycles. The van der Waals surface area contributed by atoms with E-state index in [1.165, 1.54) is 25.1 Å². The van der Waals surface area contributed by atoms with Crippen LogP contribution in [0.3, 0.4) is 0 Å². The summed E-state index contributed by atoms with van der Waals surface area (Å²) < 4.78 is 0. The van der Waals surface area contributed by atoms with Gasteiger partial charge in [0.25, 0.3) is 11.6 Å². The number of carbonyl (C=O) groups excluding carboxylic acids is 2. The van der Waals surface area contributed by atoms with Gasteiger partial charge in [0, 0.05) is 49.8 Å². The normalized spacial score (nSPS) is 13.4. The van der Waals surface area contributed by atoms with Crippen molar-refractivity contribution in [2.45, 2.75) is 20.3 Å². The Hall–Kier alpha value is -3.53. The monoisotopic (exact) mass is 455 g/mol. The Balaban J connectivity index is 1.68. The molecule has 2 N–H and O–H groups in total. The lowest BCUT2D eigenvalue weighted by molar-refractivity contribution is -0.385. The summed E-state index contributed by atoms with van der Waals surface area (Å²) >= 11 is 5.32. The molecule has 1 fully saturated rings. The van der Waals surface area contributed by atoms with Crippen molar-refractivity contribution in [3.05, 3.63) is 63.7 Å². The molecule has 0 spiro atoms. The number of benzene rings is 2. The lowest BCUT2D eigenvalue weighted by Crippen LogP contribution is -2.48. The number of piperazine rings is 1. The average molecular weight is 456 g/mol. The minimum absolute atomic E-state index is 0.0909. The summed E-state index contributed by atoms with van der Waals surface area (Å²) in [6.45, 7) is 6.06. The second-order valence-electron chi connectivity index (χ2n) is 7.35. The summed E-state index contributed by atoms with van der Waals surface area (Å²) in [6, 6.07) is 11.9. The largest absolute Gasteiger partial charge is 0.366 e. The van der Waals surface area contributed by atoms with E-state index >= 15 is 0 Å². The fourth-order valence-corrected chi connectivity index (χ4v) is 3.87. The first kappa shape index (κ1) is 23.1. The average Bonchev–Trinajstić information content (AvgIpc) is 2.78. The van der Waals surface area contributed by atoms with E-state index < -0.39 is 10.8 Å². The topological polar surface area (TPSA) is 108 Å². The van der Waals surface area contributed by atoms with Crippen molar-refractivity contribution in [3.63, 3.8) is 0 Å². The zero-order valence-corrected chi connectivity index (χ0v) is 18.8. The van der Waals surface area contributed by atoms with Crippen molar-refractivity contribution in [2.75, 3.05) is 36.4 Å². The van der Waals surface area contributed by atoms with Gasteiger partial charge in [0.05, 0.1) is 16.3 Å². The zero-order chi connectivity index (χ0) is 23.3. The van der Waals surface area contributed by atoms with Crippen molar-refractivity contribution >= 4 is 46.2 Å². The Kier molecular flexibility index (Phi) is 7.37. The van der Waals surface area contributed by atoms with Crippen molar-refractivity contribution in [2.24, 2.45) is 0 Å². The highest BCUT2D eigenvalue weighted by Crippen LogP contribution is 2.27. The Labute approximate surface area is 191 Å². The van der Waals surface area contributed by atoms with E-state index in [4.69, 9.17) is 12.2 Å². The molecule has 32 heavy (non-hydrogen) atoms. The Bertz CT molecular complexity index is 1050. The van der Waals surface area contributed by atoms with Crippen molar-refractivity contribution in [1.29, 1.82) is 0 Å². The maximum atomic E-state index is 12.6. The summed E-state index contributed by atoms with van der Waals surface area (Å²) in [4.78, 5) is 39.2. The van der Waals surface area contributed by atoms with Gasteiger partial charge in [-0.3, -0.25) is 25.0 Å². The van der Waals surface area contributed by atoms with E-state index in [1.807, 2.05) is 36.1 Å². The lowest BCUT2D eigenvalue weighted by Gasteiger charge is -2.37. The van der Waals surface area contributed by atoms with Gasteiger partial charge in [-0.15, -0.1) is 0 Å². The number of nitro benzene ring substituents is 1. The number of nitrogens with one attached hydrogen (secondary N) is 2. The van der Waals surface area contributed by atoms with Crippen molar-refractivity contribution in [3.8, 4) is 0 Å². The van der Waals surface area contributed by atoms with Gasteiger partial charge in [-0.05, 0) is 37.3 Å². The Morgan fingerprint density at radius 3 is 2.44 bits per heavy atom. The molecule has 1 aliphatic rings. The first-order valence-electron chi connectivity index (χ1n) is 10.3. The van der Waals surface area contributed by atoms with Crippen LogP contribution < -0.4 is 15.5 Å². The van der Waals surface area contributed by atoms with Crippen LogP contribution in [-0.2, 0) is 4.79 Å². The molecule has 0 atom stereocenters. The summed E-state index contributed by atoms with van der Waals surface area (Å²) in [5.41, 5.74) is 1.98. The maximum absolute atomic E-state index is 12.6. The number of nitro groups is 1. The molecule has 0 bridgehead atoms. The first-order chi connectivity index (χ1) is 15.3. The van der Waals surface area contributed by atoms with Crippen LogP contribution in [0.15, 0.2) is 42.5 Å². The molecule has 0 radical (unpaired) electrons. The second kappa shape index (κ2) is 10.2. The third-order valence-electron chi connectivity index (χ3n) is 5.40. The summed E-state index contributed by atoms with van der Waals surface area (Å²) in [5.74, 6) is -0.371. The van der Waals surface area contributed by atoms with Crippen molar-refractivity contribution < 1.29 is 14.5 Å². The number of anilines is 2. The van der Waals surface area contributed by atoms with Gasteiger partial charge in [0.15, 0.2) is 5.11 Å². The summed E-state index contributed by atoms with van der Waals surface area (Å²) in [5, 5.41) is 16.9. The van der Waals surface area contributed by atoms with E-state index in [9.17, 15) is 19.7 Å². The highest BCUT2D eigenvalue weighted by molar-refractivity contribution is 7.80. The molecule has 2 aromatic carbocycles. The van der Waals surface area contributed by atoms with Crippen molar-refractivity contribution in [1.82, 2.24) is 10.2 Å². The number of amides is 2. The Morgan fingerprint density at radius 1 is 1.09 bits per heavy atom. The van der Waals surface area contributed by atoms with Crippen LogP contribution in [0.25, 0.3) is 0 Å². The minimum Gasteiger partial charge on any atom is -0.366 e. The predicted molar refractivity (Wildman–Crippen MR) is 127 cm³/mol. The smallest absolute Gasteiger partial charge is 0.273 e. The van der Waals surface area contributed by atoms with E-state index in [2.05, 4.69) is 15.5 Å². The van der Waals surface area contributed by atoms with E-state index in [0.717, 1.165) is 11.4 Å². The predicted octanol–water partition coefficient (Wildman–Crippen LogP) is 3.09. The molecule has 168 valence electrons. The van der Waals surface area contributed by atoms with Gasteiger partial charge in [-0.25, -0.2) is 0 Å². The molecule has 1 aliphatic heterocycles. The number of hydrogen-bond donors (Lipinski definition) is 2. The number of para-hydroxylation sites is 2. The summed E-state index contributed by atoms with van der Waals surface area (Å²) in [7, 11) is 0. The van der Waals surface area contributed by atoms with Crippen LogP contribution in [0.1, 0.15) is 29.3 Å². The molecule has 1 saturated heterocycles. The molecule has 2 aromatic rings. The van der Waals surface area contributed by atoms with Crippen LogP contribution in [0.4, 0.5) is 17.1 Å². The van der Waals surface area contributed by atoms with E-state index in [-0.39, 0.29) is 27.8 Å². The lowest BCUT2D eigenvalue weighted by atomic mass is 10.1. The van der Waals surface area contributed by atoms with Gasteiger partial charge in [0.1, 0.15) is 0 Å². The molecule has 0 unspecified atom stereocenters. The fraction of sp³-hybridized carbons (Fsp3) is 0.318. The molecular formula is C22H25N5O4S. The highest BCUT2D eigenvalue weighted by Gasteiger charge is 2.22. The molecular weight excluding hydrogens is 430 g/mol. The minimum atomic E-state index is -0.521. The molecule has 0 aromatic heterocycles. The number of hydrogen-bond acceptors (Lipinski definition) is 6. The number of nitrogens with zero attached hydrogens (tertiary/aromatic N) is 3. The third kappa shape index (κ3) is 5.20. The van der Waals surface area contributed by atoms with Gasteiger partial charge in [0.2, 0.25) is 5.91 Å². The van der Waals surface area contributed by atoms with Gasteiger partial charge < -0.3 is 15.1 Å².